The van der Waals surface area contributed by atoms with Crippen molar-refractivity contribution in [2.75, 3.05) is 5.32 Å². The van der Waals surface area contributed by atoms with Crippen molar-refractivity contribution >= 4 is 17.4 Å². The molecule has 4 N–H and O–H groups in total. The van der Waals surface area contributed by atoms with Gasteiger partial charge in [-0.3, -0.25) is 4.79 Å². The molecule has 19 heavy (non-hydrogen) atoms. The maximum Gasteiger partial charge on any atom is 0.227 e. The van der Waals surface area contributed by atoms with E-state index in [0.29, 0.717) is 11.3 Å². The van der Waals surface area contributed by atoms with Crippen LogP contribution in [0.25, 0.3) is 0 Å². The van der Waals surface area contributed by atoms with E-state index < -0.39 is 0 Å². The van der Waals surface area contributed by atoms with Gasteiger partial charge in [-0.15, -0.1) is 0 Å². The van der Waals surface area contributed by atoms with Crippen LogP contribution in [0, 0.1) is 5.92 Å². The molecule has 1 aromatic rings. The topological polar surface area (TPSA) is 87.7 Å². The standard InChI is InChI=1S/C14H19N3O2/c15-13(17-19)11-7-4-8-12(9-11)16-14(18)10-5-2-1-3-6-10/h4,7-10,19H,1-3,5-6H2,(H2,15,17)(H,16,18). The largest absolute Gasteiger partial charge is 0.409 e. The lowest BCUT2D eigenvalue weighted by Crippen LogP contribution is -2.25. The molecule has 5 nitrogen and oxygen atoms in total. The number of amidine groups is 1. The number of hydrogen-bond donors (Lipinski definition) is 3. The third kappa shape index (κ3) is 3.47. The fraction of sp³-hybridized carbons (Fsp3) is 0.429. The third-order valence-corrected chi connectivity index (χ3v) is 3.51. The highest BCUT2D eigenvalue weighted by molar-refractivity contribution is 5.99. The van der Waals surface area contributed by atoms with E-state index in [1.165, 1.54) is 6.42 Å². The fourth-order valence-corrected chi connectivity index (χ4v) is 2.42. The lowest BCUT2D eigenvalue weighted by Gasteiger charge is -2.20. The summed E-state index contributed by atoms with van der Waals surface area (Å²) in [4.78, 5) is 12.1. The van der Waals surface area contributed by atoms with Crippen LogP contribution in [0.15, 0.2) is 29.4 Å². The van der Waals surface area contributed by atoms with E-state index in [1.54, 1.807) is 24.3 Å². The molecule has 0 atom stereocenters. The molecule has 0 radical (unpaired) electrons. The van der Waals surface area contributed by atoms with E-state index in [1.807, 2.05) is 0 Å². The number of benzene rings is 1. The Balaban J connectivity index is 2.04. The van der Waals surface area contributed by atoms with Gasteiger partial charge in [0, 0.05) is 17.2 Å². The molecule has 5 heteroatoms. The number of oxime groups is 1. The highest BCUT2D eigenvalue weighted by Crippen LogP contribution is 2.25. The van der Waals surface area contributed by atoms with Gasteiger partial charge in [0.2, 0.25) is 5.91 Å². The lowest BCUT2D eigenvalue weighted by atomic mass is 9.88. The van der Waals surface area contributed by atoms with Gasteiger partial charge in [-0.1, -0.05) is 36.6 Å². The molecule has 0 saturated heterocycles. The Kier molecular flexibility index (Phi) is 4.39. The summed E-state index contributed by atoms with van der Waals surface area (Å²) in [5.41, 5.74) is 6.79. The molecule has 102 valence electrons. The van der Waals surface area contributed by atoms with E-state index >= 15 is 0 Å². The van der Waals surface area contributed by atoms with Crippen molar-refractivity contribution in [1.29, 1.82) is 0 Å². The SMILES string of the molecule is N/C(=N/O)c1cccc(NC(=O)C2CCCCC2)c1. The van der Waals surface area contributed by atoms with Crippen LogP contribution in [0.5, 0.6) is 0 Å². The molecule has 1 aliphatic carbocycles. The van der Waals surface area contributed by atoms with Crippen LogP contribution < -0.4 is 11.1 Å². The number of nitrogens with one attached hydrogen (secondary N) is 1. The summed E-state index contributed by atoms with van der Waals surface area (Å²) >= 11 is 0. The summed E-state index contributed by atoms with van der Waals surface area (Å²) < 4.78 is 0. The van der Waals surface area contributed by atoms with E-state index in [0.717, 1.165) is 25.7 Å². The van der Waals surface area contributed by atoms with Gasteiger partial charge in [0.05, 0.1) is 0 Å². The second-order valence-corrected chi connectivity index (χ2v) is 4.89. The smallest absolute Gasteiger partial charge is 0.227 e. The van der Waals surface area contributed by atoms with Crippen LogP contribution in [-0.2, 0) is 4.79 Å². The van der Waals surface area contributed by atoms with Gasteiger partial charge in [-0.25, -0.2) is 0 Å². The Bertz CT molecular complexity index is 479. The highest BCUT2D eigenvalue weighted by Gasteiger charge is 2.21. The Morgan fingerprint density at radius 2 is 2.05 bits per heavy atom. The molecule has 1 saturated carbocycles. The summed E-state index contributed by atoms with van der Waals surface area (Å²) in [6.07, 6.45) is 5.41. The van der Waals surface area contributed by atoms with Crippen LogP contribution in [0.2, 0.25) is 0 Å². The maximum absolute atomic E-state index is 12.1. The minimum absolute atomic E-state index is 0.0359. The zero-order chi connectivity index (χ0) is 13.7. The minimum atomic E-state index is 0.0359. The van der Waals surface area contributed by atoms with Crippen LogP contribution in [0.4, 0.5) is 5.69 Å². The Hall–Kier alpha value is -2.04. The number of anilines is 1. The molecule has 0 aromatic heterocycles. The molecule has 2 rings (SSSR count). The average molecular weight is 261 g/mol. The minimum Gasteiger partial charge on any atom is -0.409 e. The lowest BCUT2D eigenvalue weighted by molar-refractivity contribution is -0.120. The number of amides is 1. The first-order valence-electron chi connectivity index (χ1n) is 6.59. The van der Waals surface area contributed by atoms with Crippen molar-refractivity contribution in [3.8, 4) is 0 Å². The summed E-state index contributed by atoms with van der Waals surface area (Å²) in [7, 11) is 0. The van der Waals surface area contributed by atoms with Crippen LogP contribution >= 0.6 is 0 Å². The third-order valence-electron chi connectivity index (χ3n) is 3.51. The van der Waals surface area contributed by atoms with Gasteiger partial charge >= 0.3 is 0 Å². The van der Waals surface area contributed by atoms with E-state index in [-0.39, 0.29) is 17.7 Å². The Labute approximate surface area is 112 Å². The number of rotatable bonds is 3. The molecule has 1 aromatic carbocycles. The van der Waals surface area contributed by atoms with Crippen molar-refractivity contribution < 1.29 is 10.0 Å². The van der Waals surface area contributed by atoms with Crippen molar-refractivity contribution in [2.45, 2.75) is 32.1 Å². The number of nitrogens with zero attached hydrogens (tertiary/aromatic N) is 1. The van der Waals surface area contributed by atoms with E-state index in [9.17, 15) is 4.79 Å². The van der Waals surface area contributed by atoms with Gasteiger partial charge in [-0.05, 0) is 25.0 Å². The number of nitrogens with two attached hydrogens (primary N) is 1. The van der Waals surface area contributed by atoms with E-state index in [2.05, 4.69) is 10.5 Å². The molecule has 0 unspecified atom stereocenters. The molecule has 1 amide bonds. The quantitative estimate of drug-likeness (QED) is 0.337. The molecular weight excluding hydrogens is 242 g/mol. The second-order valence-electron chi connectivity index (χ2n) is 4.89. The molecule has 0 spiro atoms. The van der Waals surface area contributed by atoms with Crippen LogP contribution in [0.3, 0.4) is 0 Å². The van der Waals surface area contributed by atoms with Gasteiger partial charge in [0.1, 0.15) is 0 Å². The van der Waals surface area contributed by atoms with Gasteiger partial charge in [0.15, 0.2) is 5.84 Å². The Morgan fingerprint density at radius 1 is 1.32 bits per heavy atom. The fourth-order valence-electron chi connectivity index (χ4n) is 2.42. The Morgan fingerprint density at radius 3 is 2.74 bits per heavy atom. The van der Waals surface area contributed by atoms with Gasteiger partial charge in [0.25, 0.3) is 0 Å². The predicted octanol–water partition coefficient (Wildman–Crippen LogP) is 2.30. The normalized spacial score (nSPS) is 17.2. The van der Waals surface area contributed by atoms with Crippen LogP contribution in [0.1, 0.15) is 37.7 Å². The number of carbonyl (C=O) groups is 1. The maximum atomic E-state index is 12.1. The zero-order valence-corrected chi connectivity index (χ0v) is 10.8. The molecule has 1 aliphatic rings. The van der Waals surface area contributed by atoms with Crippen molar-refractivity contribution in [3.63, 3.8) is 0 Å². The van der Waals surface area contributed by atoms with Crippen molar-refractivity contribution in [3.05, 3.63) is 29.8 Å². The van der Waals surface area contributed by atoms with Gasteiger partial charge in [-0.2, -0.15) is 0 Å². The zero-order valence-electron chi connectivity index (χ0n) is 10.8. The summed E-state index contributed by atoms with van der Waals surface area (Å²) in [6.45, 7) is 0. The number of hydrogen-bond acceptors (Lipinski definition) is 3. The average Bonchev–Trinajstić information content (AvgIpc) is 2.47. The highest BCUT2D eigenvalue weighted by atomic mass is 16.4. The first-order valence-corrected chi connectivity index (χ1v) is 6.59. The first-order chi connectivity index (χ1) is 9.20. The molecular formula is C14H19N3O2. The summed E-state index contributed by atoms with van der Waals surface area (Å²) in [5, 5.41) is 14.5. The van der Waals surface area contributed by atoms with E-state index in [4.69, 9.17) is 10.9 Å². The molecule has 0 bridgehead atoms. The first kappa shape index (κ1) is 13.4. The van der Waals surface area contributed by atoms with Crippen molar-refractivity contribution in [1.82, 2.24) is 0 Å². The monoisotopic (exact) mass is 261 g/mol. The summed E-state index contributed by atoms with van der Waals surface area (Å²) in [5.74, 6) is 0.214. The molecule has 0 aliphatic heterocycles. The molecule has 0 heterocycles. The summed E-state index contributed by atoms with van der Waals surface area (Å²) in [6, 6.07) is 7.00. The van der Waals surface area contributed by atoms with Crippen molar-refractivity contribution in [2.24, 2.45) is 16.8 Å². The molecule has 1 fully saturated rings. The predicted molar refractivity (Wildman–Crippen MR) is 74.2 cm³/mol. The second kappa shape index (κ2) is 6.22. The van der Waals surface area contributed by atoms with Crippen LogP contribution in [-0.4, -0.2) is 17.0 Å². The number of carbonyl (C=O) groups excluding carboxylic acids is 1. The van der Waals surface area contributed by atoms with Gasteiger partial charge < -0.3 is 16.3 Å².